The number of hydrogen-bond acceptors (Lipinski definition) is 1. The normalized spacial score (nSPS) is 17.5. The number of carbonyl (C=O) groups is 1. The van der Waals surface area contributed by atoms with Crippen molar-refractivity contribution in [1.82, 2.24) is 4.98 Å². The largest absolute Gasteiger partial charge is 0.361 e. The third-order valence-electron chi connectivity index (χ3n) is 3.92. The van der Waals surface area contributed by atoms with E-state index in [0.29, 0.717) is 30.1 Å². The number of aromatic amines is 1. The van der Waals surface area contributed by atoms with Gasteiger partial charge in [-0.25, -0.2) is 4.39 Å². The molecule has 2 nitrogen and oxygen atoms in total. The highest BCUT2D eigenvalue weighted by molar-refractivity contribution is 5.85. The van der Waals surface area contributed by atoms with Gasteiger partial charge in [-0.3, -0.25) is 4.79 Å². The van der Waals surface area contributed by atoms with Gasteiger partial charge in [0, 0.05) is 29.9 Å². The lowest BCUT2D eigenvalue weighted by Gasteiger charge is -2.20. The zero-order chi connectivity index (χ0) is 12.5. The standard InChI is InChI=1S/C15H16FNO/c16-8-10-1-6-13-14(9-17-15(13)7-10)11-2-4-12(18)5-3-11/h1,6-7,9,11,17H,2-5,8H2. The molecule has 0 spiro atoms. The topological polar surface area (TPSA) is 32.9 Å². The molecule has 1 heterocycles. The Bertz CT molecular complexity index is 577. The molecule has 94 valence electrons. The molecule has 0 atom stereocenters. The van der Waals surface area contributed by atoms with Gasteiger partial charge in [-0.05, 0) is 36.0 Å². The summed E-state index contributed by atoms with van der Waals surface area (Å²) in [7, 11) is 0. The zero-order valence-electron chi connectivity index (χ0n) is 10.2. The monoisotopic (exact) mass is 245 g/mol. The molecular weight excluding hydrogens is 229 g/mol. The van der Waals surface area contributed by atoms with E-state index in [-0.39, 0.29) is 0 Å². The Kier molecular flexibility index (Phi) is 2.90. The number of hydrogen-bond donors (Lipinski definition) is 1. The number of benzene rings is 1. The summed E-state index contributed by atoms with van der Waals surface area (Å²) in [6.07, 6.45) is 5.29. The first-order chi connectivity index (χ1) is 8.78. The number of Topliss-reactive ketones (excluding diaryl/α,β-unsaturated/α-hetero) is 1. The van der Waals surface area contributed by atoms with Gasteiger partial charge in [-0.15, -0.1) is 0 Å². The van der Waals surface area contributed by atoms with Crippen molar-refractivity contribution < 1.29 is 9.18 Å². The third kappa shape index (κ3) is 1.94. The molecule has 0 radical (unpaired) electrons. The maximum atomic E-state index is 12.6. The lowest BCUT2D eigenvalue weighted by atomic mass is 9.83. The minimum absolute atomic E-state index is 0.380. The van der Waals surface area contributed by atoms with Gasteiger partial charge < -0.3 is 4.98 Å². The number of alkyl halides is 1. The van der Waals surface area contributed by atoms with Gasteiger partial charge in [-0.1, -0.05) is 12.1 Å². The van der Waals surface area contributed by atoms with Gasteiger partial charge in [0.2, 0.25) is 0 Å². The van der Waals surface area contributed by atoms with Crippen LogP contribution in [0.25, 0.3) is 10.9 Å². The van der Waals surface area contributed by atoms with E-state index < -0.39 is 6.67 Å². The van der Waals surface area contributed by atoms with Crippen LogP contribution in [0.3, 0.4) is 0 Å². The molecular formula is C15H16FNO. The Morgan fingerprint density at radius 2 is 2.06 bits per heavy atom. The van der Waals surface area contributed by atoms with Crippen LogP contribution in [0.4, 0.5) is 4.39 Å². The summed E-state index contributed by atoms with van der Waals surface area (Å²) in [5, 5.41) is 1.17. The minimum atomic E-state index is -0.428. The fourth-order valence-electron chi connectivity index (χ4n) is 2.87. The minimum Gasteiger partial charge on any atom is -0.361 e. The van der Waals surface area contributed by atoms with E-state index in [2.05, 4.69) is 4.98 Å². The van der Waals surface area contributed by atoms with Crippen molar-refractivity contribution >= 4 is 16.7 Å². The molecule has 0 saturated heterocycles. The van der Waals surface area contributed by atoms with Crippen molar-refractivity contribution in [1.29, 1.82) is 0 Å². The summed E-state index contributed by atoms with van der Waals surface area (Å²) < 4.78 is 12.6. The second kappa shape index (κ2) is 4.56. The fourth-order valence-corrected chi connectivity index (χ4v) is 2.87. The highest BCUT2D eigenvalue weighted by Crippen LogP contribution is 2.35. The number of H-pyrrole nitrogens is 1. The molecule has 1 aliphatic carbocycles. The van der Waals surface area contributed by atoms with Crippen LogP contribution in [0.15, 0.2) is 24.4 Å². The highest BCUT2D eigenvalue weighted by Gasteiger charge is 2.22. The van der Waals surface area contributed by atoms with E-state index in [9.17, 15) is 9.18 Å². The van der Waals surface area contributed by atoms with Crippen LogP contribution < -0.4 is 0 Å². The summed E-state index contributed by atoms with van der Waals surface area (Å²) in [5.74, 6) is 0.846. The van der Waals surface area contributed by atoms with Crippen LogP contribution >= 0.6 is 0 Å². The van der Waals surface area contributed by atoms with E-state index in [1.54, 1.807) is 0 Å². The number of rotatable bonds is 2. The van der Waals surface area contributed by atoms with E-state index >= 15 is 0 Å². The number of ketones is 1. The quantitative estimate of drug-likeness (QED) is 0.856. The van der Waals surface area contributed by atoms with Gasteiger partial charge in [-0.2, -0.15) is 0 Å². The molecule has 0 unspecified atom stereocenters. The van der Waals surface area contributed by atoms with Crippen molar-refractivity contribution in [3.8, 4) is 0 Å². The average Bonchev–Trinajstić information content (AvgIpc) is 2.82. The Balaban J connectivity index is 1.95. The Morgan fingerprint density at radius 3 is 2.78 bits per heavy atom. The Hall–Kier alpha value is -1.64. The second-order valence-corrected chi connectivity index (χ2v) is 5.07. The van der Waals surface area contributed by atoms with Crippen molar-refractivity contribution in [3.63, 3.8) is 0 Å². The van der Waals surface area contributed by atoms with Crippen LogP contribution in [0.1, 0.15) is 42.7 Å². The summed E-state index contributed by atoms with van der Waals surface area (Å²) in [6.45, 7) is -0.428. The summed E-state index contributed by atoms with van der Waals surface area (Å²) >= 11 is 0. The van der Waals surface area contributed by atoms with E-state index in [0.717, 1.165) is 18.4 Å². The summed E-state index contributed by atoms with van der Waals surface area (Å²) in [6, 6.07) is 5.70. The molecule has 0 amide bonds. The second-order valence-electron chi connectivity index (χ2n) is 5.07. The third-order valence-corrected chi connectivity index (χ3v) is 3.92. The van der Waals surface area contributed by atoms with Crippen molar-refractivity contribution in [2.24, 2.45) is 0 Å². The van der Waals surface area contributed by atoms with Crippen LogP contribution in [-0.2, 0) is 11.5 Å². The Labute approximate surface area is 105 Å². The summed E-state index contributed by atoms with van der Waals surface area (Å²) in [4.78, 5) is 14.5. The van der Waals surface area contributed by atoms with Gasteiger partial charge in [0.25, 0.3) is 0 Å². The molecule has 18 heavy (non-hydrogen) atoms. The van der Waals surface area contributed by atoms with Crippen LogP contribution in [0, 0.1) is 0 Å². The van der Waals surface area contributed by atoms with Gasteiger partial charge >= 0.3 is 0 Å². The predicted octanol–water partition coefficient (Wildman–Crippen LogP) is 3.86. The number of carbonyl (C=O) groups excluding carboxylic acids is 1. The number of halogens is 1. The number of fused-ring (bicyclic) bond motifs is 1. The van der Waals surface area contributed by atoms with E-state index in [1.807, 2.05) is 24.4 Å². The van der Waals surface area contributed by atoms with Gasteiger partial charge in [0.15, 0.2) is 0 Å². The maximum absolute atomic E-state index is 12.6. The first-order valence-electron chi connectivity index (χ1n) is 6.45. The maximum Gasteiger partial charge on any atom is 0.132 e. The average molecular weight is 245 g/mol. The number of aromatic nitrogens is 1. The molecule has 2 aromatic rings. The summed E-state index contributed by atoms with van der Waals surface area (Å²) in [5.41, 5.74) is 2.98. The highest BCUT2D eigenvalue weighted by atomic mass is 19.1. The number of nitrogens with one attached hydrogen (secondary N) is 1. The van der Waals surface area contributed by atoms with E-state index in [4.69, 9.17) is 0 Å². The predicted molar refractivity (Wildman–Crippen MR) is 69.3 cm³/mol. The molecule has 3 heteroatoms. The molecule has 0 aliphatic heterocycles. The lowest BCUT2D eigenvalue weighted by Crippen LogP contribution is -2.11. The van der Waals surface area contributed by atoms with E-state index in [1.165, 1.54) is 10.9 Å². The fraction of sp³-hybridized carbons (Fsp3) is 0.400. The Morgan fingerprint density at radius 1 is 1.28 bits per heavy atom. The van der Waals surface area contributed by atoms with Crippen molar-refractivity contribution in [2.75, 3.05) is 0 Å². The van der Waals surface area contributed by atoms with Gasteiger partial charge in [0.05, 0.1) is 0 Å². The van der Waals surface area contributed by atoms with Crippen molar-refractivity contribution in [3.05, 3.63) is 35.5 Å². The molecule has 1 N–H and O–H groups in total. The molecule has 1 saturated carbocycles. The molecule has 1 aromatic carbocycles. The SMILES string of the molecule is O=C1CCC(c2c[nH]c3cc(CF)ccc23)CC1. The molecule has 1 aliphatic rings. The molecule has 3 rings (SSSR count). The molecule has 1 fully saturated rings. The van der Waals surface area contributed by atoms with Gasteiger partial charge in [0.1, 0.15) is 12.5 Å². The molecule has 1 aromatic heterocycles. The lowest BCUT2D eigenvalue weighted by molar-refractivity contribution is -0.120. The zero-order valence-corrected chi connectivity index (χ0v) is 10.2. The van der Waals surface area contributed by atoms with Crippen LogP contribution in [-0.4, -0.2) is 10.8 Å². The first kappa shape index (κ1) is 11.5. The van der Waals surface area contributed by atoms with Crippen LogP contribution in [0.5, 0.6) is 0 Å². The first-order valence-corrected chi connectivity index (χ1v) is 6.45. The van der Waals surface area contributed by atoms with Crippen LogP contribution in [0.2, 0.25) is 0 Å². The van der Waals surface area contributed by atoms with Crippen molar-refractivity contribution in [2.45, 2.75) is 38.3 Å². The smallest absolute Gasteiger partial charge is 0.132 e. The molecule has 0 bridgehead atoms.